The molecule has 0 aromatic heterocycles. The summed E-state index contributed by atoms with van der Waals surface area (Å²) in [4.78, 5) is 0.254. The summed E-state index contributed by atoms with van der Waals surface area (Å²) in [7, 11) is -3.45. The SMILES string of the molecule is Cc1ccc(S(=O)(=O)NC2CCCC2C)cc1N. The number of nitrogens with one attached hydrogen (secondary N) is 1. The van der Waals surface area contributed by atoms with Gasteiger partial charge in [0.05, 0.1) is 4.90 Å². The molecule has 3 N–H and O–H groups in total. The monoisotopic (exact) mass is 268 g/mol. The maximum atomic E-state index is 12.2. The summed E-state index contributed by atoms with van der Waals surface area (Å²) >= 11 is 0. The van der Waals surface area contributed by atoms with Gasteiger partial charge in [-0.3, -0.25) is 0 Å². The molecule has 1 aliphatic carbocycles. The molecule has 0 spiro atoms. The Morgan fingerprint density at radius 3 is 2.61 bits per heavy atom. The third kappa shape index (κ3) is 2.67. The molecule has 100 valence electrons. The molecule has 2 unspecified atom stereocenters. The summed E-state index contributed by atoms with van der Waals surface area (Å²) in [5, 5.41) is 0. The zero-order valence-corrected chi connectivity index (χ0v) is 11.6. The Bertz CT molecular complexity index is 540. The molecule has 0 heterocycles. The molecule has 1 saturated carbocycles. The molecule has 1 aromatic rings. The van der Waals surface area contributed by atoms with Crippen molar-refractivity contribution in [2.75, 3.05) is 5.73 Å². The number of aryl methyl sites for hydroxylation is 1. The molecule has 1 aromatic carbocycles. The molecule has 0 radical (unpaired) electrons. The highest BCUT2D eigenvalue weighted by Gasteiger charge is 2.28. The first-order valence-corrected chi connectivity index (χ1v) is 7.77. The summed E-state index contributed by atoms with van der Waals surface area (Å²) in [6.45, 7) is 3.95. The number of anilines is 1. The van der Waals surface area contributed by atoms with Gasteiger partial charge in [-0.15, -0.1) is 0 Å². The molecular weight excluding hydrogens is 248 g/mol. The van der Waals surface area contributed by atoms with Gasteiger partial charge in [0.2, 0.25) is 10.0 Å². The second kappa shape index (κ2) is 4.90. The van der Waals surface area contributed by atoms with Crippen molar-refractivity contribution in [2.24, 2.45) is 5.92 Å². The van der Waals surface area contributed by atoms with Gasteiger partial charge < -0.3 is 5.73 Å². The van der Waals surface area contributed by atoms with Crippen LogP contribution in [-0.4, -0.2) is 14.5 Å². The lowest BCUT2D eigenvalue weighted by Gasteiger charge is -2.17. The van der Waals surface area contributed by atoms with Crippen molar-refractivity contribution in [3.05, 3.63) is 23.8 Å². The number of sulfonamides is 1. The van der Waals surface area contributed by atoms with E-state index in [1.807, 2.05) is 6.92 Å². The quantitative estimate of drug-likeness (QED) is 0.824. The van der Waals surface area contributed by atoms with Crippen LogP contribution in [0.2, 0.25) is 0 Å². The van der Waals surface area contributed by atoms with Gasteiger partial charge in [-0.25, -0.2) is 13.1 Å². The molecule has 0 saturated heterocycles. The maximum Gasteiger partial charge on any atom is 0.240 e. The fourth-order valence-corrected chi connectivity index (χ4v) is 3.79. The molecular formula is C13H20N2O2S. The van der Waals surface area contributed by atoms with E-state index in [0.717, 1.165) is 24.8 Å². The molecule has 1 aliphatic rings. The maximum absolute atomic E-state index is 12.2. The van der Waals surface area contributed by atoms with E-state index >= 15 is 0 Å². The van der Waals surface area contributed by atoms with Crippen molar-refractivity contribution < 1.29 is 8.42 Å². The fourth-order valence-electron chi connectivity index (χ4n) is 2.37. The molecule has 18 heavy (non-hydrogen) atoms. The summed E-state index contributed by atoms with van der Waals surface area (Å²) in [6.07, 6.45) is 3.09. The average Bonchev–Trinajstić information content (AvgIpc) is 2.67. The van der Waals surface area contributed by atoms with Crippen LogP contribution >= 0.6 is 0 Å². The van der Waals surface area contributed by atoms with Crippen molar-refractivity contribution in [2.45, 2.75) is 44.0 Å². The Hall–Kier alpha value is -1.07. The predicted molar refractivity (Wildman–Crippen MR) is 72.7 cm³/mol. The Morgan fingerprint density at radius 2 is 2.06 bits per heavy atom. The van der Waals surface area contributed by atoms with E-state index in [2.05, 4.69) is 11.6 Å². The summed E-state index contributed by atoms with van der Waals surface area (Å²) in [6, 6.07) is 4.92. The average molecular weight is 268 g/mol. The van der Waals surface area contributed by atoms with Crippen LogP contribution in [0.25, 0.3) is 0 Å². The smallest absolute Gasteiger partial charge is 0.240 e. The Balaban J connectivity index is 2.22. The topological polar surface area (TPSA) is 72.2 Å². The van der Waals surface area contributed by atoms with Crippen LogP contribution < -0.4 is 10.5 Å². The van der Waals surface area contributed by atoms with Gasteiger partial charge in [0.1, 0.15) is 0 Å². The zero-order chi connectivity index (χ0) is 13.3. The second-order valence-corrected chi connectivity index (χ2v) is 6.87. The molecule has 5 heteroatoms. The molecule has 0 bridgehead atoms. The highest BCUT2D eigenvalue weighted by atomic mass is 32.2. The van der Waals surface area contributed by atoms with E-state index in [-0.39, 0.29) is 10.9 Å². The minimum Gasteiger partial charge on any atom is -0.398 e. The molecule has 1 fully saturated rings. The standard InChI is InChI=1S/C13H20N2O2S/c1-9-6-7-11(8-12(9)14)18(16,17)15-13-5-3-4-10(13)2/h6-8,10,13,15H,3-5,14H2,1-2H3. The van der Waals surface area contributed by atoms with E-state index in [4.69, 9.17) is 5.73 Å². The number of nitrogens with two attached hydrogens (primary N) is 1. The van der Waals surface area contributed by atoms with E-state index in [1.165, 1.54) is 6.07 Å². The van der Waals surface area contributed by atoms with Gasteiger partial charge in [-0.05, 0) is 43.4 Å². The Morgan fingerprint density at radius 1 is 1.33 bits per heavy atom. The van der Waals surface area contributed by atoms with Crippen LogP contribution in [0.15, 0.2) is 23.1 Å². The lowest BCUT2D eigenvalue weighted by Crippen LogP contribution is -2.36. The molecule has 2 atom stereocenters. The largest absolute Gasteiger partial charge is 0.398 e. The number of benzene rings is 1. The molecule has 0 aliphatic heterocycles. The van der Waals surface area contributed by atoms with Crippen molar-refractivity contribution in [3.63, 3.8) is 0 Å². The van der Waals surface area contributed by atoms with Crippen LogP contribution in [0.1, 0.15) is 31.7 Å². The predicted octanol–water partition coefficient (Wildman–Crippen LogP) is 2.04. The van der Waals surface area contributed by atoms with Gasteiger partial charge in [0.15, 0.2) is 0 Å². The zero-order valence-electron chi connectivity index (χ0n) is 10.8. The number of rotatable bonds is 3. The van der Waals surface area contributed by atoms with E-state index in [9.17, 15) is 8.42 Å². The van der Waals surface area contributed by atoms with Crippen LogP contribution in [0.5, 0.6) is 0 Å². The Labute approximate surface area is 109 Å². The summed E-state index contributed by atoms with van der Waals surface area (Å²) < 4.78 is 27.2. The summed E-state index contributed by atoms with van der Waals surface area (Å²) in [5.41, 5.74) is 7.16. The first-order chi connectivity index (χ1) is 8.40. The molecule has 0 amide bonds. The van der Waals surface area contributed by atoms with Crippen molar-refractivity contribution in [3.8, 4) is 0 Å². The van der Waals surface area contributed by atoms with Crippen molar-refractivity contribution in [1.29, 1.82) is 0 Å². The van der Waals surface area contributed by atoms with Crippen LogP contribution in [0, 0.1) is 12.8 Å². The highest BCUT2D eigenvalue weighted by molar-refractivity contribution is 7.89. The number of hydrogen-bond acceptors (Lipinski definition) is 3. The fraction of sp³-hybridized carbons (Fsp3) is 0.538. The van der Waals surface area contributed by atoms with Gasteiger partial charge in [-0.2, -0.15) is 0 Å². The first-order valence-electron chi connectivity index (χ1n) is 6.28. The lowest BCUT2D eigenvalue weighted by molar-refractivity contribution is 0.476. The normalized spacial score (nSPS) is 24.3. The van der Waals surface area contributed by atoms with Gasteiger partial charge >= 0.3 is 0 Å². The van der Waals surface area contributed by atoms with Gasteiger partial charge in [0, 0.05) is 11.7 Å². The van der Waals surface area contributed by atoms with Gasteiger partial charge in [0.25, 0.3) is 0 Å². The van der Waals surface area contributed by atoms with Crippen LogP contribution in [0.4, 0.5) is 5.69 Å². The van der Waals surface area contributed by atoms with Crippen LogP contribution in [-0.2, 0) is 10.0 Å². The third-order valence-electron chi connectivity index (χ3n) is 3.73. The highest BCUT2D eigenvalue weighted by Crippen LogP contribution is 2.27. The van der Waals surface area contributed by atoms with Crippen molar-refractivity contribution in [1.82, 2.24) is 4.72 Å². The molecule has 4 nitrogen and oxygen atoms in total. The lowest BCUT2D eigenvalue weighted by atomic mass is 10.1. The minimum atomic E-state index is -3.45. The third-order valence-corrected chi connectivity index (χ3v) is 5.22. The Kier molecular flexibility index (Phi) is 3.64. The summed E-state index contributed by atoms with van der Waals surface area (Å²) in [5.74, 6) is 0.405. The number of hydrogen-bond donors (Lipinski definition) is 2. The van der Waals surface area contributed by atoms with E-state index in [1.54, 1.807) is 12.1 Å². The minimum absolute atomic E-state index is 0.0533. The first kappa shape index (κ1) is 13.4. The molecule has 2 rings (SSSR count). The van der Waals surface area contributed by atoms with Crippen LogP contribution in [0.3, 0.4) is 0 Å². The van der Waals surface area contributed by atoms with Gasteiger partial charge in [-0.1, -0.05) is 19.4 Å². The number of nitrogen functional groups attached to an aromatic ring is 1. The van der Waals surface area contributed by atoms with Crippen molar-refractivity contribution >= 4 is 15.7 Å². The van der Waals surface area contributed by atoms with E-state index < -0.39 is 10.0 Å². The van der Waals surface area contributed by atoms with E-state index in [0.29, 0.717) is 11.6 Å². The second-order valence-electron chi connectivity index (χ2n) is 5.15.